The van der Waals surface area contributed by atoms with Crippen molar-refractivity contribution in [2.24, 2.45) is 0 Å². The molecule has 0 aliphatic carbocycles. The molecule has 2 heterocycles. The quantitative estimate of drug-likeness (QED) is 0.780. The first kappa shape index (κ1) is 13.4. The van der Waals surface area contributed by atoms with Crippen molar-refractivity contribution in [3.8, 4) is 11.5 Å². The van der Waals surface area contributed by atoms with Crippen molar-refractivity contribution in [3.05, 3.63) is 23.8 Å². The molecule has 0 spiro atoms. The van der Waals surface area contributed by atoms with Gasteiger partial charge in [-0.15, -0.1) is 0 Å². The molecule has 1 saturated heterocycles. The van der Waals surface area contributed by atoms with E-state index in [0.717, 1.165) is 15.4 Å². The molecule has 0 unspecified atom stereocenters. The Morgan fingerprint density at radius 2 is 1.76 bits per heavy atom. The highest BCUT2D eigenvalue weighted by Crippen LogP contribution is 2.33. The van der Waals surface area contributed by atoms with Crippen LogP contribution in [0.1, 0.15) is 18.9 Å². The first-order chi connectivity index (χ1) is 10.1. The van der Waals surface area contributed by atoms with Gasteiger partial charge in [-0.05, 0) is 24.6 Å². The number of barbiturate groups is 1. The number of fused-ring (bicyclic) bond motifs is 1. The lowest BCUT2D eigenvalue weighted by Gasteiger charge is -2.32. The second-order valence-corrected chi connectivity index (χ2v) is 4.76. The first-order valence-electron chi connectivity index (χ1n) is 6.63. The van der Waals surface area contributed by atoms with Crippen LogP contribution in [0.5, 0.6) is 11.5 Å². The summed E-state index contributed by atoms with van der Waals surface area (Å²) in [5.41, 5.74) is 0.742. The van der Waals surface area contributed by atoms with E-state index in [0.29, 0.717) is 11.5 Å². The third-order valence-corrected chi connectivity index (χ3v) is 3.46. The molecule has 4 amide bonds. The van der Waals surface area contributed by atoms with Crippen LogP contribution in [0.3, 0.4) is 0 Å². The SMILES string of the molecule is CCN1C(=O)CC(=O)N(Cc2ccc3c(c2)OCO3)C1=O. The summed E-state index contributed by atoms with van der Waals surface area (Å²) in [6.45, 7) is 2.23. The van der Waals surface area contributed by atoms with Crippen molar-refractivity contribution in [2.75, 3.05) is 13.3 Å². The maximum atomic E-state index is 12.2. The molecular formula is C14H14N2O5. The largest absolute Gasteiger partial charge is 0.454 e. The van der Waals surface area contributed by atoms with E-state index >= 15 is 0 Å². The van der Waals surface area contributed by atoms with Crippen molar-refractivity contribution in [2.45, 2.75) is 19.9 Å². The molecule has 3 rings (SSSR count). The van der Waals surface area contributed by atoms with Crippen molar-refractivity contribution in [3.63, 3.8) is 0 Å². The number of ether oxygens (including phenoxy) is 2. The van der Waals surface area contributed by atoms with Crippen molar-refractivity contribution < 1.29 is 23.9 Å². The van der Waals surface area contributed by atoms with Crippen molar-refractivity contribution in [1.29, 1.82) is 0 Å². The standard InChI is InChI=1S/C14H14N2O5/c1-2-15-12(17)6-13(18)16(14(15)19)7-9-3-4-10-11(5-9)21-8-20-10/h3-5H,2,6-8H2,1H3. The van der Waals surface area contributed by atoms with E-state index in [4.69, 9.17) is 9.47 Å². The van der Waals surface area contributed by atoms with E-state index in [1.165, 1.54) is 0 Å². The molecule has 1 aromatic rings. The molecule has 1 aromatic carbocycles. The summed E-state index contributed by atoms with van der Waals surface area (Å²) in [5.74, 6) is 0.301. The Kier molecular flexibility index (Phi) is 3.25. The van der Waals surface area contributed by atoms with Crippen molar-refractivity contribution in [1.82, 2.24) is 9.80 Å². The minimum absolute atomic E-state index is 0.109. The number of carbonyl (C=O) groups excluding carboxylic acids is 3. The van der Waals surface area contributed by atoms with Gasteiger partial charge in [0.05, 0.1) is 6.54 Å². The molecule has 0 bridgehead atoms. The number of benzene rings is 1. The highest BCUT2D eigenvalue weighted by atomic mass is 16.7. The average Bonchev–Trinajstić information content (AvgIpc) is 2.91. The van der Waals surface area contributed by atoms with Gasteiger partial charge in [0.25, 0.3) is 0 Å². The Morgan fingerprint density at radius 1 is 1.05 bits per heavy atom. The number of rotatable bonds is 3. The molecular weight excluding hydrogens is 276 g/mol. The fourth-order valence-electron chi connectivity index (χ4n) is 2.37. The first-order valence-corrected chi connectivity index (χ1v) is 6.63. The van der Waals surface area contributed by atoms with Crippen LogP contribution < -0.4 is 9.47 Å². The van der Waals surface area contributed by atoms with Crippen LogP contribution in [0.25, 0.3) is 0 Å². The highest BCUT2D eigenvalue weighted by Gasteiger charge is 2.36. The van der Waals surface area contributed by atoms with E-state index in [2.05, 4.69) is 0 Å². The van der Waals surface area contributed by atoms with Gasteiger partial charge in [-0.1, -0.05) is 6.07 Å². The number of urea groups is 1. The number of carbonyl (C=O) groups is 3. The Bertz CT molecular complexity index is 628. The van der Waals surface area contributed by atoms with Gasteiger partial charge < -0.3 is 9.47 Å². The maximum Gasteiger partial charge on any atom is 0.333 e. The molecule has 0 aromatic heterocycles. The molecule has 2 aliphatic heterocycles. The number of imide groups is 2. The molecule has 1 fully saturated rings. The second kappa shape index (κ2) is 5.08. The average molecular weight is 290 g/mol. The summed E-state index contributed by atoms with van der Waals surface area (Å²) in [6.07, 6.45) is -0.274. The third-order valence-electron chi connectivity index (χ3n) is 3.46. The summed E-state index contributed by atoms with van der Waals surface area (Å²) in [4.78, 5) is 37.9. The minimum Gasteiger partial charge on any atom is -0.454 e. The molecule has 0 atom stereocenters. The summed E-state index contributed by atoms with van der Waals surface area (Å²) in [5, 5.41) is 0. The number of nitrogens with zero attached hydrogens (tertiary/aromatic N) is 2. The van der Waals surface area contributed by atoms with Crippen LogP contribution in [-0.2, 0) is 16.1 Å². The van der Waals surface area contributed by atoms with Gasteiger partial charge in [-0.2, -0.15) is 0 Å². The lowest BCUT2D eigenvalue weighted by Crippen LogP contribution is -2.54. The zero-order valence-electron chi connectivity index (χ0n) is 11.5. The summed E-state index contributed by atoms with van der Waals surface area (Å²) in [6, 6.07) is 4.66. The molecule has 0 N–H and O–H groups in total. The zero-order valence-corrected chi connectivity index (χ0v) is 11.5. The summed E-state index contributed by atoms with van der Waals surface area (Å²) < 4.78 is 10.5. The molecule has 21 heavy (non-hydrogen) atoms. The Morgan fingerprint density at radius 3 is 2.52 bits per heavy atom. The van der Waals surface area contributed by atoms with Crippen LogP contribution >= 0.6 is 0 Å². The molecule has 0 saturated carbocycles. The van der Waals surface area contributed by atoms with Crippen LogP contribution in [0, 0.1) is 0 Å². The lowest BCUT2D eigenvalue weighted by atomic mass is 10.1. The molecule has 7 heteroatoms. The van der Waals surface area contributed by atoms with Crippen LogP contribution in [0.4, 0.5) is 4.79 Å². The van der Waals surface area contributed by atoms with Gasteiger partial charge in [0.1, 0.15) is 6.42 Å². The zero-order chi connectivity index (χ0) is 15.0. The summed E-state index contributed by atoms with van der Waals surface area (Å²) >= 11 is 0. The van der Waals surface area contributed by atoms with E-state index in [9.17, 15) is 14.4 Å². The summed E-state index contributed by atoms with van der Waals surface area (Å²) in [7, 11) is 0. The smallest absolute Gasteiger partial charge is 0.333 e. The third kappa shape index (κ3) is 2.31. The van der Waals surface area contributed by atoms with Gasteiger partial charge in [0.2, 0.25) is 18.6 Å². The van der Waals surface area contributed by atoms with Crippen molar-refractivity contribution >= 4 is 17.8 Å². The van der Waals surface area contributed by atoms with Crippen LogP contribution in [0.2, 0.25) is 0 Å². The van der Waals surface area contributed by atoms with Gasteiger partial charge in [0, 0.05) is 6.54 Å². The highest BCUT2D eigenvalue weighted by molar-refractivity contribution is 6.13. The Hall–Kier alpha value is -2.57. The Balaban J connectivity index is 1.81. The number of hydrogen-bond donors (Lipinski definition) is 0. The molecule has 7 nitrogen and oxygen atoms in total. The minimum atomic E-state index is -0.573. The fraction of sp³-hybridized carbons (Fsp3) is 0.357. The maximum absolute atomic E-state index is 12.2. The Labute approximate surface area is 121 Å². The fourth-order valence-corrected chi connectivity index (χ4v) is 2.37. The number of amides is 4. The van der Waals surface area contributed by atoms with Gasteiger partial charge in [-0.3, -0.25) is 19.4 Å². The predicted molar refractivity (Wildman–Crippen MR) is 70.5 cm³/mol. The molecule has 0 radical (unpaired) electrons. The van der Waals surface area contributed by atoms with Gasteiger partial charge >= 0.3 is 6.03 Å². The lowest BCUT2D eigenvalue weighted by molar-refractivity contribution is -0.142. The second-order valence-electron chi connectivity index (χ2n) is 4.76. The van der Waals surface area contributed by atoms with Gasteiger partial charge in [0.15, 0.2) is 11.5 Å². The normalized spacial score (nSPS) is 17.7. The van der Waals surface area contributed by atoms with Crippen LogP contribution in [0.15, 0.2) is 18.2 Å². The van der Waals surface area contributed by atoms with E-state index in [1.54, 1.807) is 25.1 Å². The van der Waals surface area contributed by atoms with E-state index in [-0.39, 0.29) is 26.3 Å². The topological polar surface area (TPSA) is 76.2 Å². The van der Waals surface area contributed by atoms with Crippen LogP contribution in [-0.4, -0.2) is 41.0 Å². The monoisotopic (exact) mass is 290 g/mol. The van der Waals surface area contributed by atoms with E-state index in [1.807, 2.05) is 0 Å². The number of hydrogen-bond acceptors (Lipinski definition) is 5. The predicted octanol–water partition coefficient (Wildman–Crippen LogP) is 1.12. The van der Waals surface area contributed by atoms with E-state index < -0.39 is 17.8 Å². The van der Waals surface area contributed by atoms with Gasteiger partial charge in [-0.25, -0.2) is 4.79 Å². The molecule has 2 aliphatic rings. The molecule has 110 valence electrons.